The van der Waals surface area contributed by atoms with Crippen molar-refractivity contribution in [3.63, 3.8) is 0 Å². The average Bonchev–Trinajstić information content (AvgIpc) is 2.43. The SMILES string of the molecule is CC(C)OC(=O)CC1NCCN(Cc2ccccc2)C1=O. The molecule has 21 heavy (non-hydrogen) atoms. The summed E-state index contributed by atoms with van der Waals surface area (Å²) in [4.78, 5) is 25.9. The van der Waals surface area contributed by atoms with Crippen molar-refractivity contribution < 1.29 is 14.3 Å². The van der Waals surface area contributed by atoms with Crippen molar-refractivity contribution >= 4 is 11.9 Å². The quantitative estimate of drug-likeness (QED) is 0.831. The first-order valence-corrected chi connectivity index (χ1v) is 7.32. The summed E-state index contributed by atoms with van der Waals surface area (Å²) in [6.07, 6.45) is -0.0703. The Morgan fingerprint density at radius 1 is 1.38 bits per heavy atom. The van der Waals surface area contributed by atoms with Crippen LogP contribution in [0.1, 0.15) is 25.8 Å². The minimum Gasteiger partial charge on any atom is -0.463 e. The van der Waals surface area contributed by atoms with Gasteiger partial charge in [-0.2, -0.15) is 0 Å². The fourth-order valence-electron chi connectivity index (χ4n) is 2.39. The monoisotopic (exact) mass is 290 g/mol. The van der Waals surface area contributed by atoms with Gasteiger partial charge in [0.15, 0.2) is 0 Å². The van der Waals surface area contributed by atoms with Crippen LogP contribution in [0, 0.1) is 0 Å². The van der Waals surface area contributed by atoms with Crippen LogP contribution < -0.4 is 5.32 Å². The van der Waals surface area contributed by atoms with Gasteiger partial charge in [-0.15, -0.1) is 0 Å². The van der Waals surface area contributed by atoms with Crippen molar-refractivity contribution in [2.45, 2.75) is 39.0 Å². The van der Waals surface area contributed by atoms with Crippen LogP contribution in [-0.2, 0) is 20.9 Å². The van der Waals surface area contributed by atoms with Crippen molar-refractivity contribution in [1.82, 2.24) is 10.2 Å². The Bertz CT molecular complexity index is 488. The largest absolute Gasteiger partial charge is 0.463 e. The number of carbonyl (C=O) groups is 2. The zero-order valence-electron chi connectivity index (χ0n) is 12.5. The zero-order chi connectivity index (χ0) is 15.2. The maximum Gasteiger partial charge on any atom is 0.308 e. The molecule has 1 saturated heterocycles. The first kappa shape index (κ1) is 15.5. The van der Waals surface area contributed by atoms with Crippen LogP contribution in [0.25, 0.3) is 0 Å². The third-order valence-electron chi connectivity index (χ3n) is 3.34. The Kier molecular flexibility index (Phi) is 5.33. The molecule has 1 amide bonds. The second-order valence-electron chi connectivity index (χ2n) is 5.49. The molecule has 0 saturated carbocycles. The normalized spacial score (nSPS) is 18.9. The van der Waals surface area contributed by atoms with Crippen LogP contribution in [0.4, 0.5) is 0 Å². The van der Waals surface area contributed by atoms with E-state index in [0.717, 1.165) is 5.56 Å². The molecule has 1 atom stereocenters. The molecule has 0 radical (unpaired) electrons. The topological polar surface area (TPSA) is 58.6 Å². The van der Waals surface area contributed by atoms with Gasteiger partial charge in [0, 0.05) is 19.6 Å². The molecule has 2 rings (SSSR count). The van der Waals surface area contributed by atoms with E-state index in [1.807, 2.05) is 30.3 Å². The van der Waals surface area contributed by atoms with Gasteiger partial charge in [0.2, 0.25) is 5.91 Å². The summed E-state index contributed by atoms with van der Waals surface area (Å²) in [6, 6.07) is 9.38. The third-order valence-corrected chi connectivity index (χ3v) is 3.34. The molecule has 1 heterocycles. The zero-order valence-corrected chi connectivity index (χ0v) is 12.5. The van der Waals surface area contributed by atoms with Crippen molar-refractivity contribution in [3.05, 3.63) is 35.9 Å². The van der Waals surface area contributed by atoms with Crippen LogP contribution in [0.15, 0.2) is 30.3 Å². The summed E-state index contributed by atoms with van der Waals surface area (Å²) in [6.45, 7) is 5.53. The lowest BCUT2D eigenvalue weighted by Gasteiger charge is -2.33. The summed E-state index contributed by atoms with van der Waals surface area (Å²) >= 11 is 0. The van der Waals surface area contributed by atoms with Crippen LogP contribution in [0.2, 0.25) is 0 Å². The molecule has 1 fully saturated rings. The van der Waals surface area contributed by atoms with Crippen molar-refractivity contribution in [2.24, 2.45) is 0 Å². The van der Waals surface area contributed by atoms with Crippen molar-refractivity contribution in [3.8, 4) is 0 Å². The molecule has 0 aromatic heterocycles. The molecule has 5 nitrogen and oxygen atoms in total. The van der Waals surface area contributed by atoms with Crippen LogP contribution in [0.3, 0.4) is 0 Å². The maximum atomic E-state index is 12.4. The van der Waals surface area contributed by atoms with Crippen LogP contribution in [0.5, 0.6) is 0 Å². The molecule has 114 valence electrons. The summed E-state index contributed by atoms with van der Waals surface area (Å²) < 4.78 is 5.11. The lowest BCUT2D eigenvalue weighted by molar-refractivity contribution is -0.151. The van der Waals surface area contributed by atoms with E-state index in [1.54, 1.807) is 18.7 Å². The minimum absolute atomic E-state index is 0.0363. The molecular weight excluding hydrogens is 268 g/mol. The van der Waals surface area contributed by atoms with Gasteiger partial charge in [0.25, 0.3) is 0 Å². The molecule has 5 heteroatoms. The summed E-state index contributed by atoms with van der Waals surface area (Å²) in [5.74, 6) is -0.372. The van der Waals surface area contributed by atoms with Gasteiger partial charge < -0.3 is 15.0 Å². The highest BCUT2D eigenvalue weighted by atomic mass is 16.5. The lowest BCUT2D eigenvalue weighted by atomic mass is 10.1. The highest BCUT2D eigenvalue weighted by Crippen LogP contribution is 2.11. The number of hydrogen-bond donors (Lipinski definition) is 1. The Morgan fingerprint density at radius 2 is 2.10 bits per heavy atom. The molecule has 1 unspecified atom stereocenters. The fourth-order valence-corrected chi connectivity index (χ4v) is 2.39. The molecule has 1 aromatic carbocycles. The van der Waals surface area contributed by atoms with Gasteiger partial charge in [-0.25, -0.2) is 0 Å². The van der Waals surface area contributed by atoms with E-state index in [0.29, 0.717) is 19.6 Å². The number of carbonyl (C=O) groups excluding carboxylic acids is 2. The summed E-state index contributed by atoms with van der Waals surface area (Å²) in [5, 5.41) is 3.10. The number of amides is 1. The number of ether oxygens (including phenoxy) is 1. The van der Waals surface area contributed by atoms with E-state index < -0.39 is 6.04 Å². The van der Waals surface area contributed by atoms with Gasteiger partial charge >= 0.3 is 5.97 Å². The number of esters is 1. The number of benzene rings is 1. The van der Waals surface area contributed by atoms with Gasteiger partial charge in [-0.1, -0.05) is 30.3 Å². The Balaban J connectivity index is 1.93. The Hall–Kier alpha value is -1.88. The van der Waals surface area contributed by atoms with Crippen molar-refractivity contribution in [1.29, 1.82) is 0 Å². The van der Waals surface area contributed by atoms with E-state index >= 15 is 0 Å². The standard InChI is InChI=1S/C16H22N2O3/c1-12(2)21-15(19)10-14-16(20)18(9-8-17-14)11-13-6-4-3-5-7-13/h3-7,12,14,17H,8-11H2,1-2H3. The Labute approximate surface area is 125 Å². The molecule has 1 aliphatic heterocycles. The van der Waals surface area contributed by atoms with Gasteiger partial charge in [-0.3, -0.25) is 9.59 Å². The first-order valence-electron chi connectivity index (χ1n) is 7.32. The number of piperazine rings is 1. The maximum absolute atomic E-state index is 12.4. The minimum atomic E-state index is -0.478. The van der Waals surface area contributed by atoms with E-state index in [-0.39, 0.29) is 24.4 Å². The number of nitrogens with one attached hydrogen (secondary N) is 1. The lowest BCUT2D eigenvalue weighted by Crippen LogP contribution is -2.55. The first-order chi connectivity index (χ1) is 10.1. The Morgan fingerprint density at radius 3 is 2.76 bits per heavy atom. The molecule has 1 aliphatic rings. The summed E-state index contributed by atoms with van der Waals surface area (Å²) in [7, 11) is 0. The summed E-state index contributed by atoms with van der Waals surface area (Å²) in [5.41, 5.74) is 1.09. The van der Waals surface area contributed by atoms with Gasteiger partial charge in [0.05, 0.1) is 18.6 Å². The number of nitrogens with zero attached hydrogens (tertiary/aromatic N) is 1. The fraction of sp³-hybridized carbons (Fsp3) is 0.500. The van der Waals surface area contributed by atoms with E-state index in [9.17, 15) is 9.59 Å². The smallest absolute Gasteiger partial charge is 0.308 e. The highest BCUT2D eigenvalue weighted by Gasteiger charge is 2.30. The third kappa shape index (κ3) is 4.56. The second-order valence-corrected chi connectivity index (χ2v) is 5.49. The molecular formula is C16H22N2O3. The van der Waals surface area contributed by atoms with Crippen LogP contribution in [-0.4, -0.2) is 42.0 Å². The second kappa shape index (κ2) is 7.22. The average molecular weight is 290 g/mol. The number of hydrogen-bond acceptors (Lipinski definition) is 4. The van der Waals surface area contributed by atoms with E-state index in [1.165, 1.54) is 0 Å². The van der Waals surface area contributed by atoms with Crippen LogP contribution >= 0.6 is 0 Å². The van der Waals surface area contributed by atoms with Gasteiger partial charge in [-0.05, 0) is 19.4 Å². The molecule has 0 spiro atoms. The predicted octanol–water partition coefficient (Wildman–Crippen LogP) is 1.33. The molecule has 0 aliphatic carbocycles. The van der Waals surface area contributed by atoms with E-state index in [2.05, 4.69) is 5.32 Å². The van der Waals surface area contributed by atoms with E-state index in [4.69, 9.17) is 4.74 Å². The highest BCUT2D eigenvalue weighted by molar-refractivity contribution is 5.87. The molecule has 1 aromatic rings. The number of rotatable bonds is 5. The predicted molar refractivity (Wildman–Crippen MR) is 79.5 cm³/mol. The molecule has 0 bridgehead atoms. The molecule has 1 N–H and O–H groups in total. The van der Waals surface area contributed by atoms with Crippen molar-refractivity contribution in [2.75, 3.05) is 13.1 Å². The van der Waals surface area contributed by atoms with Gasteiger partial charge in [0.1, 0.15) is 0 Å².